The molecule has 9 heteroatoms. The van der Waals surface area contributed by atoms with Crippen LogP contribution in [0.15, 0.2) is 58.6 Å². The van der Waals surface area contributed by atoms with Crippen LogP contribution < -0.4 is 5.73 Å². The Kier molecular flexibility index (Phi) is 5.81. The molecule has 2 N–H and O–H groups in total. The van der Waals surface area contributed by atoms with Gasteiger partial charge >= 0.3 is 6.03 Å². The summed E-state index contributed by atoms with van der Waals surface area (Å²) in [5.74, 6) is -0.671. The van der Waals surface area contributed by atoms with Crippen molar-refractivity contribution in [3.63, 3.8) is 0 Å². The van der Waals surface area contributed by atoms with E-state index in [2.05, 4.69) is 4.99 Å². The number of thioether (sulfide) groups is 1. The Balaban J connectivity index is 1.93. The number of benzene rings is 2. The number of carbonyl (C=O) groups excluding carboxylic acids is 1. The molecule has 2 aliphatic heterocycles. The zero-order valence-electron chi connectivity index (χ0n) is 18.2. The molecule has 0 spiro atoms. The lowest BCUT2D eigenvalue weighted by Crippen LogP contribution is -2.53. The SMILES string of the molecule is CN1C(=O)N=C(N2N=C(c3cc(F)ccc3F)SC2(CCCN)c2ccccc2)C1(C)C. The van der Waals surface area contributed by atoms with Gasteiger partial charge in [-0.1, -0.05) is 42.1 Å². The third-order valence-electron chi connectivity index (χ3n) is 5.98. The summed E-state index contributed by atoms with van der Waals surface area (Å²) in [6.07, 6.45) is 1.22. The van der Waals surface area contributed by atoms with E-state index in [-0.39, 0.29) is 11.6 Å². The number of nitrogens with two attached hydrogens (primary N) is 1. The minimum Gasteiger partial charge on any atom is -0.330 e. The Morgan fingerprint density at radius 2 is 1.84 bits per heavy atom. The van der Waals surface area contributed by atoms with Crippen molar-refractivity contribution in [2.75, 3.05) is 13.6 Å². The highest BCUT2D eigenvalue weighted by atomic mass is 32.2. The molecule has 168 valence electrons. The highest BCUT2D eigenvalue weighted by Gasteiger charge is 2.53. The molecule has 0 radical (unpaired) electrons. The highest BCUT2D eigenvalue weighted by molar-refractivity contribution is 8.15. The zero-order valence-corrected chi connectivity index (χ0v) is 19.0. The number of aliphatic imine (C=N–C) groups is 1. The number of hydrazone groups is 1. The number of carbonyl (C=O) groups is 1. The molecule has 4 rings (SSSR count). The number of hydrogen-bond donors (Lipinski definition) is 1. The van der Waals surface area contributed by atoms with Gasteiger partial charge in [-0.05, 0) is 57.0 Å². The molecule has 32 heavy (non-hydrogen) atoms. The lowest BCUT2D eigenvalue weighted by atomic mass is 9.96. The van der Waals surface area contributed by atoms with Crippen molar-refractivity contribution >= 4 is 28.7 Å². The molecular weight excluding hydrogens is 432 g/mol. The number of rotatable bonds is 5. The molecule has 2 aromatic carbocycles. The number of nitrogens with zero attached hydrogens (tertiary/aromatic N) is 4. The van der Waals surface area contributed by atoms with Gasteiger partial charge in [0.05, 0.1) is 5.54 Å². The van der Waals surface area contributed by atoms with Crippen LogP contribution >= 0.6 is 11.8 Å². The van der Waals surface area contributed by atoms with Gasteiger partial charge < -0.3 is 10.6 Å². The lowest BCUT2D eigenvalue weighted by Gasteiger charge is -2.41. The van der Waals surface area contributed by atoms with E-state index in [0.29, 0.717) is 30.3 Å². The number of likely N-dealkylation sites (N-methyl/N-ethyl adjacent to an activating group) is 1. The van der Waals surface area contributed by atoms with Gasteiger partial charge in [0, 0.05) is 12.6 Å². The molecule has 0 aliphatic carbocycles. The average molecular weight is 458 g/mol. The fourth-order valence-corrected chi connectivity index (χ4v) is 5.33. The van der Waals surface area contributed by atoms with Gasteiger partial charge in [0.1, 0.15) is 21.5 Å². The molecular formula is C23H25F2N5OS. The van der Waals surface area contributed by atoms with E-state index in [1.165, 1.54) is 11.8 Å². The van der Waals surface area contributed by atoms with Crippen LogP contribution in [-0.2, 0) is 4.87 Å². The summed E-state index contributed by atoms with van der Waals surface area (Å²) in [6, 6.07) is 12.6. The Morgan fingerprint density at radius 1 is 1.12 bits per heavy atom. The van der Waals surface area contributed by atoms with Crippen molar-refractivity contribution in [3.8, 4) is 0 Å². The molecule has 2 aliphatic rings. The van der Waals surface area contributed by atoms with Crippen LogP contribution in [0.2, 0.25) is 0 Å². The van der Waals surface area contributed by atoms with Gasteiger partial charge in [-0.2, -0.15) is 10.1 Å². The van der Waals surface area contributed by atoms with Gasteiger partial charge in [-0.25, -0.2) is 18.6 Å². The fourth-order valence-electron chi connectivity index (χ4n) is 3.90. The van der Waals surface area contributed by atoms with Crippen LogP contribution in [0.25, 0.3) is 0 Å². The number of amidine groups is 1. The molecule has 0 bridgehead atoms. The third kappa shape index (κ3) is 3.59. The first-order valence-corrected chi connectivity index (χ1v) is 11.2. The zero-order chi connectivity index (χ0) is 23.1. The maximum atomic E-state index is 14.7. The van der Waals surface area contributed by atoms with Crippen molar-refractivity contribution in [1.82, 2.24) is 9.91 Å². The van der Waals surface area contributed by atoms with Gasteiger partial charge in [0.2, 0.25) is 0 Å². The highest BCUT2D eigenvalue weighted by Crippen LogP contribution is 2.52. The van der Waals surface area contributed by atoms with Crippen LogP contribution in [0.5, 0.6) is 0 Å². The van der Waals surface area contributed by atoms with E-state index in [4.69, 9.17) is 10.8 Å². The second kappa shape index (κ2) is 8.29. The van der Waals surface area contributed by atoms with E-state index in [0.717, 1.165) is 23.8 Å². The monoisotopic (exact) mass is 457 g/mol. The van der Waals surface area contributed by atoms with Gasteiger partial charge in [-0.15, -0.1) is 0 Å². The van der Waals surface area contributed by atoms with E-state index in [1.807, 2.05) is 44.2 Å². The van der Waals surface area contributed by atoms with Crippen LogP contribution in [-0.4, -0.2) is 46.0 Å². The van der Waals surface area contributed by atoms with E-state index in [9.17, 15) is 13.6 Å². The normalized spacial score (nSPS) is 22.4. The first-order valence-electron chi connectivity index (χ1n) is 10.4. The molecule has 0 fully saturated rings. The van der Waals surface area contributed by atoms with Crippen molar-refractivity contribution in [3.05, 3.63) is 71.3 Å². The third-order valence-corrected chi connectivity index (χ3v) is 7.42. The summed E-state index contributed by atoms with van der Waals surface area (Å²) in [6.45, 7) is 4.22. The minimum absolute atomic E-state index is 0.0710. The fraction of sp³-hybridized carbons (Fsp3) is 0.348. The second-order valence-electron chi connectivity index (χ2n) is 8.32. The number of halogens is 2. The van der Waals surface area contributed by atoms with Gasteiger partial charge in [-0.3, -0.25) is 0 Å². The quantitative estimate of drug-likeness (QED) is 0.717. The van der Waals surface area contributed by atoms with Crippen molar-refractivity contribution in [1.29, 1.82) is 0 Å². The molecule has 2 heterocycles. The summed E-state index contributed by atoms with van der Waals surface area (Å²) in [4.78, 5) is 17.5. The Morgan fingerprint density at radius 3 is 2.47 bits per heavy atom. The average Bonchev–Trinajstić information content (AvgIpc) is 3.25. The molecule has 0 saturated carbocycles. The first-order chi connectivity index (χ1) is 15.2. The van der Waals surface area contributed by atoms with E-state index in [1.54, 1.807) is 17.0 Å². The summed E-state index contributed by atoms with van der Waals surface area (Å²) < 4.78 is 28.7. The molecule has 1 atom stereocenters. The molecule has 0 aromatic heterocycles. The maximum absolute atomic E-state index is 14.7. The number of hydrogen-bond acceptors (Lipinski definition) is 5. The second-order valence-corrected chi connectivity index (χ2v) is 9.59. The summed E-state index contributed by atoms with van der Waals surface area (Å²) >= 11 is 1.33. The van der Waals surface area contributed by atoms with E-state index < -0.39 is 22.0 Å². The minimum atomic E-state index is -0.823. The predicted octanol–water partition coefficient (Wildman–Crippen LogP) is 4.51. The first kappa shape index (κ1) is 22.4. The molecule has 0 saturated heterocycles. The largest absolute Gasteiger partial charge is 0.345 e. The van der Waals surface area contributed by atoms with Crippen LogP contribution in [0.4, 0.5) is 13.6 Å². The lowest BCUT2D eigenvalue weighted by molar-refractivity contribution is 0.194. The Labute approximate surface area is 190 Å². The van der Waals surface area contributed by atoms with Crippen molar-refractivity contribution in [2.45, 2.75) is 37.1 Å². The van der Waals surface area contributed by atoms with Crippen molar-refractivity contribution < 1.29 is 13.6 Å². The molecule has 6 nitrogen and oxygen atoms in total. The van der Waals surface area contributed by atoms with Gasteiger partial charge in [0.15, 0.2) is 5.84 Å². The number of amides is 2. The van der Waals surface area contributed by atoms with Gasteiger partial charge in [0.25, 0.3) is 0 Å². The molecule has 1 unspecified atom stereocenters. The van der Waals surface area contributed by atoms with Crippen LogP contribution in [0, 0.1) is 11.6 Å². The Hall–Kier alpha value is -2.78. The number of urea groups is 1. The molecule has 2 amide bonds. The summed E-state index contributed by atoms with van der Waals surface area (Å²) in [7, 11) is 1.68. The van der Waals surface area contributed by atoms with Crippen molar-refractivity contribution in [2.24, 2.45) is 15.8 Å². The predicted molar refractivity (Wildman–Crippen MR) is 123 cm³/mol. The summed E-state index contributed by atoms with van der Waals surface area (Å²) in [5.41, 5.74) is 6.09. The topological polar surface area (TPSA) is 74.3 Å². The Bertz CT molecular complexity index is 1100. The van der Waals surface area contributed by atoms with Crippen LogP contribution in [0.3, 0.4) is 0 Å². The molecule has 2 aromatic rings. The smallest absolute Gasteiger partial charge is 0.330 e. The van der Waals surface area contributed by atoms with Crippen LogP contribution in [0.1, 0.15) is 37.8 Å². The maximum Gasteiger partial charge on any atom is 0.345 e. The summed E-state index contributed by atoms with van der Waals surface area (Å²) in [5, 5.41) is 6.78. The van der Waals surface area contributed by atoms with E-state index >= 15 is 0 Å². The standard InChI is InChI=1S/C23H25F2N5OS/c1-22(2)20(27-21(31)29(22)3)30-23(12-7-13-26,15-8-5-4-6-9-15)32-19(28-30)17-14-16(24)10-11-18(17)25/h4-6,8-11,14H,7,12-13,26H2,1-3H3.